The van der Waals surface area contributed by atoms with Gasteiger partial charge in [-0.2, -0.15) is 0 Å². The zero-order valence-corrected chi connectivity index (χ0v) is 30.3. The van der Waals surface area contributed by atoms with Crippen LogP contribution in [0, 0.1) is 0 Å². The number of pyridine rings is 1. The molecule has 0 radical (unpaired) electrons. The maximum Gasteiger partial charge on any atom is 0.156 e. The van der Waals surface area contributed by atoms with Crippen LogP contribution in [0.5, 0.6) is 0 Å². The van der Waals surface area contributed by atoms with Crippen molar-refractivity contribution in [1.29, 1.82) is 0 Å². The molecular weight excluding hydrogens is 661 g/mol. The van der Waals surface area contributed by atoms with Crippen LogP contribution in [-0.4, -0.2) is 28.2 Å². The summed E-state index contributed by atoms with van der Waals surface area (Å²) in [7, 11) is 0. The van der Waals surface area contributed by atoms with Crippen molar-refractivity contribution < 1.29 is 0 Å². The van der Waals surface area contributed by atoms with Crippen LogP contribution in [0.2, 0.25) is 0 Å². The number of hydrogen-bond acceptors (Lipinski definition) is 2. The molecule has 0 fully saturated rings. The molecule has 5 heterocycles. The highest BCUT2D eigenvalue weighted by atomic mass is 15.2. The Bertz CT molecular complexity index is 3200. The fourth-order valence-electron chi connectivity index (χ4n) is 8.67. The van der Waals surface area contributed by atoms with Crippen LogP contribution in [0.15, 0.2) is 164 Å². The van der Waals surface area contributed by atoms with Gasteiger partial charge in [0.2, 0.25) is 0 Å². The SMILES string of the molecule is CC(C)(C)c1cc(-n2cnc(-n3c4ccccc4c4ccccc43)c2)cc2c1c1ccccc1n2-c1ccc2c3ccccc3n(-c3ccccn3)c2c1. The lowest BCUT2D eigenvalue weighted by molar-refractivity contribution is 0.596. The van der Waals surface area contributed by atoms with Gasteiger partial charge in [0, 0.05) is 49.9 Å². The average molecular weight is 697 g/mol. The molecule has 0 unspecified atom stereocenters. The quantitative estimate of drug-likeness (QED) is 0.184. The molecule has 0 saturated carbocycles. The van der Waals surface area contributed by atoms with E-state index in [9.17, 15) is 0 Å². The standard InChI is InChI=1S/C48H36N6/c1-48(2,3)38-26-32(51-29-46(50-30-51)53-39-18-8-4-14-33(39)34-15-5-9-19-40(34)53)28-44-47(38)37-17-7-11-21-42(37)52(44)31-23-24-36-35-16-6-10-20-41(35)54(43(36)27-31)45-22-12-13-25-49-45/h4-30H,1-3H3. The third-order valence-corrected chi connectivity index (χ3v) is 11.0. The Balaban J connectivity index is 1.18. The normalized spacial score (nSPS) is 12.4. The second-order valence-corrected chi connectivity index (χ2v) is 15.2. The van der Waals surface area contributed by atoms with Gasteiger partial charge in [-0.1, -0.05) is 106 Å². The Morgan fingerprint density at radius 3 is 1.57 bits per heavy atom. The Morgan fingerprint density at radius 1 is 0.426 bits per heavy atom. The van der Waals surface area contributed by atoms with Gasteiger partial charge in [0.1, 0.15) is 12.1 Å². The van der Waals surface area contributed by atoms with Gasteiger partial charge in [0.15, 0.2) is 5.82 Å². The molecule has 0 aliphatic carbocycles. The first-order chi connectivity index (χ1) is 26.4. The van der Waals surface area contributed by atoms with E-state index in [0.29, 0.717) is 0 Å². The summed E-state index contributed by atoms with van der Waals surface area (Å²) in [6, 6.07) is 52.3. The minimum absolute atomic E-state index is 0.130. The predicted molar refractivity (Wildman–Crippen MR) is 223 cm³/mol. The summed E-state index contributed by atoms with van der Waals surface area (Å²) < 4.78 is 9.18. The molecule has 0 amide bonds. The molecule has 6 nitrogen and oxygen atoms in total. The number of fused-ring (bicyclic) bond motifs is 9. The topological polar surface area (TPSA) is 45.5 Å². The number of aromatic nitrogens is 6. The van der Waals surface area contributed by atoms with Crippen molar-refractivity contribution in [2.24, 2.45) is 0 Å². The first-order valence-corrected chi connectivity index (χ1v) is 18.5. The second kappa shape index (κ2) is 11.3. The minimum atomic E-state index is -0.130. The fourth-order valence-corrected chi connectivity index (χ4v) is 8.67. The molecule has 5 aromatic heterocycles. The molecule has 0 bridgehead atoms. The van der Waals surface area contributed by atoms with Gasteiger partial charge in [-0.3, -0.25) is 9.13 Å². The van der Waals surface area contributed by atoms with Crippen molar-refractivity contribution in [2.45, 2.75) is 26.2 Å². The van der Waals surface area contributed by atoms with E-state index >= 15 is 0 Å². The third kappa shape index (κ3) is 4.40. The highest BCUT2D eigenvalue weighted by Crippen LogP contribution is 2.42. The van der Waals surface area contributed by atoms with Crippen LogP contribution in [0.3, 0.4) is 0 Å². The van der Waals surface area contributed by atoms with Crippen molar-refractivity contribution >= 4 is 65.4 Å². The van der Waals surface area contributed by atoms with Crippen molar-refractivity contribution in [2.75, 3.05) is 0 Å². The highest BCUT2D eigenvalue weighted by molar-refractivity contribution is 6.13. The summed E-state index contributed by atoms with van der Waals surface area (Å²) in [5.41, 5.74) is 10.2. The molecular formula is C48H36N6. The van der Waals surface area contributed by atoms with E-state index in [4.69, 9.17) is 9.97 Å². The van der Waals surface area contributed by atoms with Crippen molar-refractivity contribution in [3.05, 3.63) is 170 Å². The van der Waals surface area contributed by atoms with Crippen molar-refractivity contribution in [1.82, 2.24) is 28.2 Å². The molecule has 0 saturated heterocycles. The summed E-state index contributed by atoms with van der Waals surface area (Å²) in [6.07, 6.45) is 5.98. The number of para-hydroxylation sites is 4. The first-order valence-electron chi connectivity index (χ1n) is 18.5. The molecule has 11 rings (SSSR count). The van der Waals surface area contributed by atoms with E-state index in [-0.39, 0.29) is 5.41 Å². The van der Waals surface area contributed by atoms with Crippen LogP contribution in [-0.2, 0) is 5.41 Å². The smallest absolute Gasteiger partial charge is 0.156 e. The van der Waals surface area contributed by atoms with Gasteiger partial charge in [-0.15, -0.1) is 0 Å². The molecule has 0 aliphatic rings. The lowest BCUT2D eigenvalue weighted by Crippen LogP contribution is -2.12. The van der Waals surface area contributed by atoms with E-state index in [1.807, 2.05) is 18.6 Å². The number of imidazole rings is 1. The van der Waals surface area contributed by atoms with Gasteiger partial charge in [0.25, 0.3) is 0 Å². The Kier molecular flexibility index (Phi) is 6.41. The molecule has 54 heavy (non-hydrogen) atoms. The van der Waals surface area contributed by atoms with Crippen LogP contribution < -0.4 is 0 Å². The van der Waals surface area contributed by atoms with Gasteiger partial charge in [0.05, 0.1) is 39.3 Å². The van der Waals surface area contributed by atoms with Crippen LogP contribution in [0.25, 0.3) is 88.4 Å². The van der Waals surface area contributed by atoms with Crippen LogP contribution >= 0.6 is 0 Å². The lowest BCUT2D eigenvalue weighted by atomic mass is 9.83. The maximum absolute atomic E-state index is 5.03. The predicted octanol–water partition coefficient (Wildman–Crippen LogP) is 11.9. The van der Waals surface area contributed by atoms with E-state index in [0.717, 1.165) is 50.6 Å². The van der Waals surface area contributed by atoms with Gasteiger partial charge in [-0.25, -0.2) is 9.97 Å². The van der Waals surface area contributed by atoms with Crippen LogP contribution in [0.1, 0.15) is 26.3 Å². The highest BCUT2D eigenvalue weighted by Gasteiger charge is 2.25. The van der Waals surface area contributed by atoms with Gasteiger partial charge >= 0.3 is 0 Å². The molecule has 11 aromatic rings. The van der Waals surface area contributed by atoms with Gasteiger partial charge < -0.3 is 9.13 Å². The molecule has 0 aliphatic heterocycles. The summed E-state index contributed by atoms with van der Waals surface area (Å²) in [4.78, 5) is 9.83. The number of rotatable bonds is 4. The summed E-state index contributed by atoms with van der Waals surface area (Å²) in [5, 5.41) is 7.38. The zero-order valence-electron chi connectivity index (χ0n) is 30.3. The Labute approximate surface area is 311 Å². The molecule has 0 atom stereocenters. The Hall–Kier alpha value is -6.92. The maximum atomic E-state index is 5.03. The molecule has 6 heteroatoms. The monoisotopic (exact) mass is 696 g/mol. The zero-order chi connectivity index (χ0) is 36.1. The number of hydrogen-bond donors (Lipinski definition) is 0. The third-order valence-electron chi connectivity index (χ3n) is 11.0. The molecule has 6 aromatic carbocycles. The van der Waals surface area contributed by atoms with E-state index in [2.05, 4.69) is 185 Å². The summed E-state index contributed by atoms with van der Waals surface area (Å²) >= 11 is 0. The first kappa shape index (κ1) is 30.7. The van der Waals surface area contributed by atoms with Crippen molar-refractivity contribution in [3.63, 3.8) is 0 Å². The molecule has 0 N–H and O–H groups in total. The lowest BCUT2D eigenvalue weighted by Gasteiger charge is -2.22. The average Bonchev–Trinajstić information content (AvgIpc) is 3.97. The number of benzene rings is 6. The van der Waals surface area contributed by atoms with Crippen LogP contribution in [0.4, 0.5) is 0 Å². The van der Waals surface area contributed by atoms with E-state index < -0.39 is 0 Å². The minimum Gasteiger partial charge on any atom is -0.309 e. The summed E-state index contributed by atoms with van der Waals surface area (Å²) in [6.45, 7) is 6.94. The largest absolute Gasteiger partial charge is 0.309 e. The van der Waals surface area contributed by atoms with Crippen molar-refractivity contribution in [3.8, 4) is 23.0 Å². The van der Waals surface area contributed by atoms with E-state index in [1.54, 1.807) is 0 Å². The molecule has 258 valence electrons. The number of nitrogens with zero attached hydrogens (tertiary/aromatic N) is 6. The van der Waals surface area contributed by atoms with E-state index in [1.165, 1.54) is 43.4 Å². The Morgan fingerprint density at radius 2 is 0.963 bits per heavy atom. The second-order valence-electron chi connectivity index (χ2n) is 15.2. The molecule has 0 spiro atoms. The fraction of sp³-hybridized carbons (Fsp3) is 0.0833. The van der Waals surface area contributed by atoms with Gasteiger partial charge in [-0.05, 0) is 71.6 Å². The summed E-state index contributed by atoms with van der Waals surface area (Å²) in [5.74, 6) is 1.79.